The van der Waals surface area contributed by atoms with Gasteiger partial charge in [-0.2, -0.15) is 0 Å². The van der Waals surface area contributed by atoms with Gasteiger partial charge in [-0.3, -0.25) is 4.79 Å². The van der Waals surface area contributed by atoms with Crippen LogP contribution in [0.2, 0.25) is 0 Å². The van der Waals surface area contributed by atoms with Crippen LogP contribution in [0.4, 0.5) is 16.6 Å². The van der Waals surface area contributed by atoms with Gasteiger partial charge in [0.05, 0.1) is 18.5 Å². The molecule has 1 saturated heterocycles. The highest BCUT2D eigenvalue weighted by molar-refractivity contribution is 7.14. The smallest absolute Gasteiger partial charge is 0.248 e. The minimum Gasteiger partial charge on any atom is -0.495 e. The molecule has 1 aliphatic heterocycles. The second kappa shape index (κ2) is 8.68. The Balaban J connectivity index is 1.49. The van der Waals surface area contributed by atoms with E-state index in [-0.39, 0.29) is 0 Å². The van der Waals surface area contributed by atoms with Crippen molar-refractivity contribution in [2.24, 2.45) is 5.73 Å². The molecule has 8 nitrogen and oxygen atoms in total. The van der Waals surface area contributed by atoms with E-state index in [9.17, 15) is 4.79 Å². The van der Waals surface area contributed by atoms with Crippen molar-refractivity contribution >= 4 is 33.9 Å². The Morgan fingerprint density at radius 2 is 2.00 bits per heavy atom. The molecule has 0 unspecified atom stereocenters. The molecule has 1 aliphatic rings. The van der Waals surface area contributed by atoms with E-state index < -0.39 is 5.91 Å². The number of nitrogens with one attached hydrogen (secondary N) is 1. The molecule has 1 amide bonds. The SMILES string of the molecule is COc1ccc(C(N)=O)cc1Nc1nc(-c2ccc(N3CCN(C)CC3)nc2)cs1. The summed E-state index contributed by atoms with van der Waals surface area (Å²) in [6.45, 7) is 4.07. The fourth-order valence-corrected chi connectivity index (χ4v) is 4.03. The van der Waals surface area contributed by atoms with E-state index in [4.69, 9.17) is 10.5 Å². The number of hydrogen-bond donors (Lipinski definition) is 2. The number of aromatic nitrogens is 2. The number of thiazole rings is 1. The molecule has 9 heteroatoms. The molecular weight excluding hydrogens is 400 g/mol. The summed E-state index contributed by atoms with van der Waals surface area (Å²) in [4.78, 5) is 25.4. The van der Waals surface area contributed by atoms with Gasteiger partial charge in [-0.25, -0.2) is 9.97 Å². The minimum atomic E-state index is -0.493. The number of carbonyl (C=O) groups is 1. The number of likely N-dealkylation sites (N-methyl/N-ethyl adjacent to an activating group) is 1. The zero-order valence-electron chi connectivity index (χ0n) is 17.0. The quantitative estimate of drug-likeness (QED) is 0.628. The first kappa shape index (κ1) is 20.1. The minimum absolute atomic E-state index is 0.402. The molecule has 0 saturated carbocycles. The number of nitrogens with zero attached hydrogens (tertiary/aromatic N) is 4. The summed E-state index contributed by atoms with van der Waals surface area (Å²) in [7, 11) is 3.72. The van der Waals surface area contributed by atoms with Crippen molar-refractivity contribution in [1.82, 2.24) is 14.9 Å². The Hall–Kier alpha value is -3.17. The number of pyridine rings is 1. The van der Waals surface area contributed by atoms with Crippen LogP contribution in [0.3, 0.4) is 0 Å². The lowest BCUT2D eigenvalue weighted by Gasteiger charge is -2.33. The van der Waals surface area contributed by atoms with Crippen LogP contribution in [0, 0.1) is 0 Å². The molecule has 4 rings (SSSR count). The van der Waals surface area contributed by atoms with Gasteiger partial charge in [0.15, 0.2) is 5.13 Å². The molecule has 0 bridgehead atoms. The van der Waals surface area contributed by atoms with E-state index in [1.54, 1.807) is 25.3 Å². The summed E-state index contributed by atoms with van der Waals surface area (Å²) in [5.41, 5.74) is 8.22. The van der Waals surface area contributed by atoms with Gasteiger partial charge < -0.3 is 25.6 Å². The first-order chi connectivity index (χ1) is 14.5. The van der Waals surface area contributed by atoms with Crippen LogP contribution in [0.1, 0.15) is 10.4 Å². The summed E-state index contributed by atoms with van der Waals surface area (Å²) in [6, 6.07) is 9.10. The van der Waals surface area contributed by atoms with Crippen molar-refractivity contribution in [1.29, 1.82) is 0 Å². The molecule has 0 spiro atoms. The maximum atomic E-state index is 11.5. The number of piperazine rings is 1. The number of benzene rings is 1. The van der Waals surface area contributed by atoms with Crippen LogP contribution in [-0.2, 0) is 0 Å². The van der Waals surface area contributed by atoms with Crippen molar-refractivity contribution in [3.63, 3.8) is 0 Å². The molecular formula is C21H24N6O2S. The van der Waals surface area contributed by atoms with Crippen LogP contribution in [0.5, 0.6) is 5.75 Å². The number of ether oxygens (including phenoxy) is 1. The van der Waals surface area contributed by atoms with Gasteiger partial charge in [-0.1, -0.05) is 0 Å². The highest BCUT2D eigenvalue weighted by atomic mass is 32.1. The van der Waals surface area contributed by atoms with Crippen molar-refractivity contribution in [3.8, 4) is 17.0 Å². The lowest BCUT2D eigenvalue weighted by molar-refractivity contribution is 0.100. The molecule has 2 aromatic heterocycles. The Kier molecular flexibility index (Phi) is 5.82. The third kappa shape index (κ3) is 4.37. The molecule has 3 heterocycles. The average molecular weight is 425 g/mol. The molecule has 30 heavy (non-hydrogen) atoms. The summed E-state index contributed by atoms with van der Waals surface area (Å²) >= 11 is 1.47. The largest absolute Gasteiger partial charge is 0.495 e. The summed E-state index contributed by atoms with van der Waals surface area (Å²) < 4.78 is 5.37. The number of amides is 1. The van der Waals surface area contributed by atoms with E-state index in [0.717, 1.165) is 43.3 Å². The number of anilines is 3. The van der Waals surface area contributed by atoms with Crippen LogP contribution < -0.4 is 20.7 Å². The lowest BCUT2D eigenvalue weighted by atomic mass is 10.2. The molecule has 0 aliphatic carbocycles. The van der Waals surface area contributed by atoms with E-state index in [2.05, 4.69) is 32.1 Å². The maximum absolute atomic E-state index is 11.5. The molecule has 156 valence electrons. The summed E-state index contributed by atoms with van der Waals surface area (Å²) in [5, 5.41) is 5.88. The van der Waals surface area contributed by atoms with Crippen LogP contribution >= 0.6 is 11.3 Å². The zero-order valence-corrected chi connectivity index (χ0v) is 17.8. The van der Waals surface area contributed by atoms with E-state index >= 15 is 0 Å². The summed E-state index contributed by atoms with van der Waals surface area (Å²) in [6.07, 6.45) is 1.86. The van der Waals surface area contributed by atoms with E-state index in [0.29, 0.717) is 22.1 Å². The lowest BCUT2D eigenvalue weighted by Crippen LogP contribution is -2.44. The molecule has 0 atom stereocenters. The standard InChI is InChI=1S/C21H24N6O2S/c1-26-7-9-27(10-8-26)19-6-4-15(12-23-19)17-13-30-21(25-17)24-16-11-14(20(22)28)3-5-18(16)29-2/h3-6,11-13H,7-10H2,1-2H3,(H2,22,28)(H,24,25). The van der Waals surface area contributed by atoms with E-state index in [1.807, 2.05) is 23.7 Å². The molecule has 0 radical (unpaired) electrons. The van der Waals surface area contributed by atoms with Gasteiger partial charge in [0, 0.05) is 48.9 Å². The summed E-state index contributed by atoms with van der Waals surface area (Å²) in [5.74, 6) is 1.11. The molecule has 3 aromatic rings. The maximum Gasteiger partial charge on any atom is 0.248 e. The number of hydrogen-bond acceptors (Lipinski definition) is 8. The number of carbonyl (C=O) groups excluding carboxylic acids is 1. The Morgan fingerprint density at radius 1 is 1.20 bits per heavy atom. The second-order valence-electron chi connectivity index (χ2n) is 7.14. The molecule has 1 fully saturated rings. The van der Waals surface area contributed by atoms with Gasteiger partial charge in [0.25, 0.3) is 0 Å². The predicted molar refractivity (Wildman–Crippen MR) is 120 cm³/mol. The van der Waals surface area contributed by atoms with Crippen molar-refractivity contribution in [3.05, 3.63) is 47.5 Å². The van der Waals surface area contributed by atoms with Gasteiger partial charge in [0.2, 0.25) is 5.91 Å². The van der Waals surface area contributed by atoms with Crippen LogP contribution in [0.25, 0.3) is 11.3 Å². The van der Waals surface area contributed by atoms with Crippen molar-refractivity contribution in [2.45, 2.75) is 0 Å². The van der Waals surface area contributed by atoms with Crippen LogP contribution in [-0.4, -0.2) is 61.1 Å². The molecule has 3 N–H and O–H groups in total. The van der Waals surface area contributed by atoms with Gasteiger partial charge in [-0.05, 0) is 37.4 Å². The third-order valence-corrected chi connectivity index (χ3v) is 5.86. The topological polar surface area (TPSA) is 96.6 Å². The number of nitrogens with two attached hydrogens (primary N) is 1. The Labute approximate surface area is 179 Å². The van der Waals surface area contributed by atoms with Gasteiger partial charge >= 0.3 is 0 Å². The Bertz CT molecular complexity index is 1030. The predicted octanol–water partition coefficient (Wildman–Crippen LogP) is 2.81. The number of primary amides is 1. The first-order valence-corrected chi connectivity index (χ1v) is 10.5. The van der Waals surface area contributed by atoms with Crippen molar-refractivity contribution in [2.75, 3.05) is 50.6 Å². The van der Waals surface area contributed by atoms with Gasteiger partial charge in [0.1, 0.15) is 11.6 Å². The van der Waals surface area contributed by atoms with Crippen molar-refractivity contribution < 1.29 is 9.53 Å². The fourth-order valence-electron chi connectivity index (χ4n) is 3.30. The molecule has 1 aromatic carbocycles. The highest BCUT2D eigenvalue weighted by Gasteiger charge is 2.16. The normalized spacial score (nSPS) is 14.5. The third-order valence-electron chi connectivity index (χ3n) is 5.10. The zero-order chi connectivity index (χ0) is 21.1. The highest BCUT2D eigenvalue weighted by Crippen LogP contribution is 2.32. The average Bonchev–Trinajstić information content (AvgIpc) is 3.23. The van der Waals surface area contributed by atoms with Crippen LogP contribution in [0.15, 0.2) is 41.9 Å². The first-order valence-electron chi connectivity index (χ1n) is 9.64. The monoisotopic (exact) mass is 424 g/mol. The second-order valence-corrected chi connectivity index (χ2v) is 8.00. The van der Waals surface area contributed by atoms with E-state index in [1.165, 1.54) is 11.3 Å². The fraction of sp³-hybridized carbons (Fsp3) is 0.286. The van der Waals surface area contributed by atoms with Gasteiger partial charge in [-0.15, -0.1) is 11.3 Å². The number of methoxy groups -OCH3 is 1. The number of rotatable bonds is 6. The Morgan fingerprint density at radius 3 is 2.67 bits per heavy atom.